The maximum absolute atomic E-state index is 14.0. The third-order valence-electron chi connectivity index (χ3n) is 3.56. The number of sulfonamides is 1. The fourth-order valence-electron chi connectivity index (χ4n) is 2.29. The second-order valence-electron chi connectivity index (χ2n) is 5.54. The summed E-state index contributed by atoms with van der Waals surface area (Å²) in [5, 5.41) is 2.46. The van der Waals surface area contributed by atoms with Crippen LogP contribution in [0.2, 0.25) is 5.02 Å². The van der Waals surface area contributed by atoms with Gasteiger partial charge in [-0.25, -0.2) is 17.2 Å². The van der Waals surface area contributed by atoms with Gasteiger partial charge in [0.05, 0.1) is 11.4 Å². The highest BCUT2D eigenvalue weighted by Crippen LogP contribution is 2.28. The van der Waals surface area contributed by atoms with Crippen molar-refractivity contribution in [3.8, 4) is 0 Å². The van der Waals surface area contributed by atoms with Crippen LogP contribution in [-0.4, -0.2) is 19.3 Å². The van der Waals surface area contributed by atoms with Gasteiger partial charge < -0.3 is 5.32 Å². The maximum Gasteiger partial charge on any atom is 0.274 e. The molecule has 0 aliphatic carbocycles. The van der Waals surface area contributed by atoms with Gasteiger partial charge in [-0.1, -0.05) is 17.7 Å². The number of rotatable bonds is 5. The van der Waals surface area contributed by atoms with E-state index in [0.29, 0.717) is 0 Å². The molecule has 28 heavy (non-hydrogen) atoms. The highest BCUT2D eigenvalue weighted by molar-refractivity contribution is 7.92. The lowest BCUT2D eigenvalue weighted by molar-refractivity contribution is 0.102. The summed E-state index contributed by atoms with van der Waals surface area (Å²) in [6.07, 6.45) is 1.41. The molecule has 0 unspecified atom stereocenters. The molecule has 0 aliphatic rings. The molecule has 0 saturated carbocycles. The van der Waals surface area contributed by atoms with Crippen molar-refractivity contribution >= 4 is 38.9 Å². The number of hydrogen-bond donors (Lipinski definition) is 2. The molecule has 10 heteroatoms. The monoisotopic (exact) mass is 423 g/mol. The Morgan fingerprint density at radius 2 is 1.79 bits per heavy atom. The standard InChI is InChI=1S/C18H12ClF2N3O3S/c19-11-4-7-17(13(21)9-11)28(26,27)24-16-10-12(20)5-6-14(16)23-18(25)15-3-1-2-8-22-15/h1-10,24H,(H,23,25). The minimum absolute atomic E-state index is 0.0190. The molecule has 0 atom stereocenters. The van der Waals surface area contributed by atoms with Crippen LogP contribution in [0, 0.1) is 11.6 Å². The van der Waals surface area contributed by atoms with Crippen molar-refractivity contribution in [2.75, 3.05) is 10.0 Å². The molecule has 2 aromatic carbocycles. The second-order valence-corrected chi connectivity index (χ2v) is 7.63. The molecule has 0 spiro atoms. The number of aromatic nitrogens is 1. The molecule has 0 aliphatic heterocycles. The third kappa shape index (κ3) is 4.44. The molecule has 1 aromatic heterocycles. The number of pyridine rings is 1. The first-order chi connectivity index (χ1) is 13.3. The van der Waals surface area contributed by atoms with Gasteiger partial charge in [0, 0.05) is 17.3 Å². The quantitative estimate of drug-likeness (QED) is 0.647. The van der Waals surface area contributed by atoms with Crippen LogP contribution in [-0.2, 0) is 10.0 Å². The van der Waals surface area contributed by atoms with Crippen LogP contribution in [0.15, 0.2) is 65.7 Å². The van der Waals surface area contributed by atoms with Crippen LogP contribution >= 0.6 is 11.6 Å². The lowest BCUT2D eigenvalue weighted by Crippen LogP contribution is -2.18. The molecule has 144 valence electrons. The molecule has 3 rings (SSSR count). The topological polar surface area (TPSA) is 88.2 Å². The van der Waals surface area contributed by atoms with E-state index in [4.69, 9.17) is 11.6 Å². The van der Waals surface area contributed by atoms with Gasteiger partial charge in [-0.3, -0.25) is 14.5 Å². The van der Waals surface area contributed by atoms with Gasteiger partial charge in [0.1, 0.15) is 22.2 Å². The second kappa shape index (κ2) is 7.91. The Bertz CT molecular complexity index is 1140. The van der Waals surface area contributed by atoms with Crippen LogP contribution in [0.4, 0.5) is 20.2 Å². The number of nitrogens with one attached hydrogen (secondary N) is 2. The minimum Gasteiger partial charge on any atom is -0.319 e. The first-order valence-electron chi connectivity index (χ1n) is 7.76. The van der Waals surface area contributed by atoms with E-state index in [1.54, 1.807) is 12.1 Å². The van der Waals surface area contributed by atoms with Crippen molar-refractivity contribution < 1.29 is 22.0 Å². The van der Waals surface area contributed by atoms with E-state index in [2.05, 4.69) is 15.0 Å². The summed E-state index contributed by atoms with van der Waals surface area (Å²) in [5.74, 6) is -2.47. The van der Waals surface area contributed by atoms with Crippen molar-refractivity contribution in [1.82, 2.24) is 4.98 Å². The lowest BCUT2D eigenvalue weighted by atomic mass is 10.2. The Balaban J connectivity index is 1.93. The summed E-state index contributed by atoms with van der Waals surface area (Å²) in [6.45, 7) is 0. The van der Waals surface area contributed by atoms with E-state index in [0.717, 1.165) is 24.3 Å². The summed E-state index contributed by atoms with van der Waals surface area (Å²) < 4.78 is 54.8. The molecule has 0 saturated heterocycles. The predicted molar refractivity (Wildman–Crippen MR) is 101 cm³/mol. The minimum atomic E-state index is -4.42. The van der Waals surface area contributed by atoms with Crippen LogP contribution in [0.5, 0.6) is 0 Å². The summed E-state index contributed by atoms with van der Waals surface area (Å²) >= 11 is 5.63. The number of carbonyl (C=O) groups is 1. The van der Waals surface area contributed by atoms with E-state index >= 15 is 0 Å². The number of hydrogen-bond acceptors (Lipinski definition) is 4. The largest absolute Gasteiger partial charge is 0.319 e. The number of benzene rings is 2. The van der Waals surface area contributed by atoms with Gasteiger partial charge >= 0.3 is 0 Å². The van der Waals surface area contributed by atoms with Crippen LogP contribution < -0.4 is 10.0 Å². The molecule has 0 bridgehead atoms. The Labute approximate surface area is 164 Å². The van der Waals surface area contributed by atoms with Crippen LogP contribution in [0.3, 0.4) is 0 Å². The summed E-state index contributed by atoms with van der Waals surface area (Å²) in [4.78, 5) is 15.5. The highest BCUT2D eigenvalue weighted by Gasteiger charge is 2.22. The fraction of sp³-hybridized carbons (Fsp3) is 0. The van der Waals surface area contributed by atoms with Crippen molar-refractivity contribution in [3.05, 3.63) is 83.1 Å². The Morgan fingerprint density at radius 1 is 1.00 bits per heavy atom. The molecule has 3 aromatic rings. The van der Waals surface area contributed by atoms with Gasteiger partial charge in [-0.2, -0.15) is 0 Å². The van der Waals surface area contributed by atoms with E-state index < -0.39 is 32.5 Å². The number of anilines is 2. The van der Waals surface area contributed by atoms with Crippen molar-refractivity contribution in [2.24, 2.45) is 0 Å². The molecule has 6 nitrogen and oxygen atoms in total. The molecular weight excluding hydrogens is 412 g/mol. The first-order valence-corrected chi connectivity index (χ1v) is 9.62. The van der Waals surface area contributed by atoms with Crippen LogP contribution in [0.1, 0.15) is 10.5 Å². The predicted octanol–water partition coefficient (Wildman–Crippen LogP) is 4.07. The number of halogens is 3. The maximum atomic E-state index is 14.0. The normalized spacial score (nSPS) is 11.1. The summed E-state index contributed by atoms with van der Waals surface area (Å²) in [6, 6.07) is 10.8. The average Bonchev–Trinajstić information content (AvgIpc) is 2.64. The van der Waals surface area contributed by atoms with Crippen molar-refractivity contribution in [3.63, 3.8) is 0 Å². The third-order valence-corrected chi connectivity index (χ3v) is 5.19. The molecule has 0 radical (unpaired) electrons. The van der Waals surface area contributed by atoms with Gasteiger partial charge in [-0.15, -0.1) is 0 Å². The van der Waals surface area contributed by atoms with Gasteiger partial charge in [0.25, 0.3) is 15.9 Å². The van der Waals surface area contributed by atoms with Gasteiger partial charge in [-0.05, 0) is 42.5 Å². The molecule has 1 heterocycles. The smallest absolute Gasteiger partial charge is 0.274 e. The van der Waals surface area contributed by atoms with E-state index in [9.17, 15) is 22.0 Å². The first kappa shape index (κ1) is 19.7. The highest BCUT2D eigenvalue weighted by atomic mass is 35.5. The average molecular weight is 424 g/mol. The van der Waals surface area contributed by atoms with Crippen molar-refractivity contribution in [2.45, 2.75) is 4.90 Å². The number of nitrogens with zero attached hydrogens (tertiary/aromatic N) is 1. The zero-order valence-electron chi connectivity index (χ0n) is 14.0. The zero-order chi connectivity index (χ0) is 20.3. The fourth-order valence-corrected chi connectivity index (χ4v) is 3.58. The summed E-state index contributed by atoms with van der Waals surface area (Å²) in [5.41, 5.74) is -0.238. The molecular formula is C18H12ClF2N3O3S. The van der Waals surface area contributed by atoms with Gasteiger partial charge in [0.2, 0.25) is 0 Å². The van der Waals surface area contributed by atoms with Crippen molar-refractivity contribution in [1.29, 1.82) is 0 Å². The van der Waals surface area contributed by atoms with Gasteiger partial charge in [0.15, 0.2) is 0 Å². The van der Waals surface area contributed by atoms with E-state index in [-0.39, 0.29) is 22.1 Å². The van der Waals surface area contributed by atoms with E-state index in [1.807, 2.05) is 0 Å². The lowest BCUT2D eigenvalue weighted by Gasteiger charge is -2.14. The number of carbonyl (C=O) groups excluding carboxylic acids is 1. The Morgan fingerprint density at radius 3 is 2.46 bits per heavy atom. The molecule has 2 N–H and O–H groups in total. The number of amides is 1. The molecule has 0 fully saturated rings. The van der Waals surface area contributed by atoms with E-state index in [1.165, 1.54) is 24.4 Å². The molecule has 1 amide bonds. The summed E-state index contributed by atoms with van der Waals surface area (Å²) in [7, 11) is -4.42. The Kier molecular flexibility index (Phi) is 5.57. The van der Waals surface area contributed by atoms with Crippen LogP contribution in [0.25, 0.3) is 0 Å². The zero-order valence-corrected chi connectivity index (χ0v) is 15.6. The SMILES string of the molecule is O=C(Nc1ccc(F)cc1NS(=O)(=O)c1ccc(Cl)cc1F)c1ccccn1. The Hall–Kier alpha value is -3.04.